The normalized spacial score (nSPS) is 15.2. The van der Waals surface area contributed by atoms with E-state index in [9.17, 15) is 0 Å². The van der Waals surface area contributed by atoms with Gasteiger partial charge in [0.1, 0.15) is 8.24 Å². The first-order chi connectivity index (χ1) is 5.64. The highest BCUT2D eigenvalue weighted by Crippen LogP contribution is 2.19. The third-order valence-corrected chi connectivity index (χ3v) is 16.9. The number of rotatable bonds is 4. The first-order valence-electron chi connectivity index (χ1n) is 4.65. The second-order valence-corrected chi connectivity index (χ2v) is 17.5. The third kappa shape index (κ3) is 3.49. The minimum Gasteiger partial charge on any atom is -0.337 e. The monoisotopic (exact) mass is 254 g/mol. The molecule has 0 rings (SSSR count). The molecule has 6 heteroatoms. The summed E-state index contributed by atoms with van der Waals surface area (Å²) >= 11 is 6.02. The van der Waals surface area contributed by atoms with Gasteiger partial charge in [0.15, 0.2) is 17.4 Å². The Labute approximate surface area is 92.1 Å². The molecule has 13 heavy (non-hydrogen) atoms. The Hall–Kier alpha value is 0.861. The average molecular weight is 255 g/mol. The van der Waals surface area contributed by atoms with Crippen LogP contribution < -0.4 is 0 Å². The molecule has 0 aliphatic rings. The van der Waals surface area contributed by atoms with Gasteiger partial charge in [-0.15, -0.1) is 0 Å². The van der Waals surface area contributed by atoms with Crippen molar-refractivity contribution >= 4 is 36.7 Å². The van der Waals surface area contributed by atoms with E-state index in [-0.39, 0.29) is 0 Å². The van der Waals surface area contributed by atoms with E-state index >= 15 is 0 Å². The molecule has 0 aromatic rings. The van der Waals surface area contributed by atoms with Gasteiger partial charge >= 0.3 is 0 Å². The van der Waals surface area contributed by atoms with Crippen LogP contribution in [-0.2, 0) is 0 Å². The van der Waals surface area contributed by atoms with Crippen LogP contribution in [0.1, 0.15) is 0 Å². The zero-order chi connectivity index (χ0) is 10.9. The van der Waals surface area contributed by atoms with Crippen LogP contribution in [0.5, 0.6) is 0 Å². The van der Waals surface area contributed by atoms with Crippen molar-refractivity contribution in [2.45, 2.75) is 32.7 Å². The van der Waals surface area contributed by atoms with E-state index in [4.69, 9.17) is 11.1 Å². The van der Waals surface area contributed by atoms with Crippen molar-refractivity contribution in [3.63, 3.8) is 0 Å². The maximum Gasteiger partial charge on any atom is 0.192 e. The zero-order valence-corrected chi connectivity index (χ0v) is 14.1. The molecule has 0 aromatic carbocycles. The average Bonchev–Trinajstić information content (AvgIpc) is 1.99. The predicted octanol–water partition coefficient (Wildman–Crippen LogP) is 1.62. The second-order valence-electron chi connectivity index (χ2n) is 5.04. The molecule has 0 radical (unpaired) electrons. The fourth-order valence-corrected chi connectivity index (χ4v) is 13.7. The highest BCUT2D eigenvalue weighted by Gasteiger charge is 2.37. The summed E-state index contributed by atoms with van der Waals surface area (Å²) < 4.78 is 5.07. The van der Waals surface area contributed by atoms with Crippen LogP contribution in [0, 0.1) is 0 Å². The van der Waals surface area contributed by atoms with Crippen molar-refractivity contribution in [3.05, 3.63) is 0 Å². The van der Waals surface area contributed by atoms with Gasteiger partial charge in [0.25, 0.3) is 0 Å². The fraction of sp³-hybridized carbons (Fsp3) is 1.00. The molecule has 2 nitrogen and oxygen atoms in total. The maximum atomic E-state index is 6.02. The van der Waals surface area contributed by atoms with Gasteiger partial charge < -0.3 is 8.46 Å². The molecular weight excluding hydrogens is 232 g/mol. The van der Waals surface area contributed by atoms with E-state index in [2.05, 4.69) is 55.3 Å². The molecule has 0 unspecified atom stereocenters. The van der Waals surface area contributed by atoms with Crippen molar-refractivity contribution in [1.29, 1.82) is 0 Å². The van der Waals surface area contributed by atoms with Crippen LogP contribution in [0.25, 0.3) is 0 Å². The molecule has 0 aliphatic carbocycles. The standard InChI is InChI=1S/C7H23ClN2Si3/c1-9(11-8)13(6,7)10(2)12(3,4)5/h11H2,1-7H3. The highest BCUT2D eigenvalue weighted by atomic mass is 35.6. The predicted molar refractivity (Wildman–Crippen MR) is 70.8 cm³/mol. The lowest BCUT2D eigenvalue weighted by atomic mass is 11.6. The van der Waals surface area contributed by atoms with Crippen molar-refractivity contribution in [2.24, 2.45) is 0 Å². The van der Waals surface area contributed by atoms with Crippen LogP contribution >= 0.6 is 11.1 Å². The van der Waals surface area contributed by atoms with Crippen molar-refractivity contribution < 1.29 is 0 Å². The van der Waals surface area contributed by atoms with E-state index in [0.717, 1.165) is 0 Å². The Balaban J connectivity index is 4.63. The molecule has 0 N–H and O–H groups in total. The second kappa shape index (κ2) is 4.59. The molecule has 0 aromatic heterocycles. The summed E-state index contributed by atoms with van der Waals surface area (Å²) in [4.78, 5) is 0. The molecule has 0 saturated heterocycles. The van der Waals surface area contributed by atoms with Crippen LogP contribution in [0.3, 0.4) is 0 Å². The third-order valence-electron chi connectivity index (χ3n) is 2.94. The summed E-state index contributed by atoms with van der Waals surface area (Å²) in [5, 5.41) is 0. The van der Waals surface area contributed by atoms with E-state index in [1.165, 1.54) is 0 Å². The quantitative estimate of drug-likeness (QED) is 0.556. The molecule has 0 fully saturated rings. The highest BCUT2D eigenvalue weighted by molar-refractivity contribution is 7.00. The number of hydrogen-bond acceptors (Lipinski definition) is 2. The van der Waals surface area contributed by atoms with Gasteiger partial charge in [-0.05, 0) is 27.2 Å². The van der Waals surface area contributed by atoms with E-state index in [1.54, 1.807) is 0 Å². The molecule has 0 spiro atoms. The van der Waals surface area contributed by atoms with Crippen LogP contribution in [0.15, 0.2) is 0 Å². The Bertz CT molecular complexity index is 170. The smallest absolute Gasteiger partial charge is 0.192 e. The lowest BCUT2D eigenvalue weighted by molar-refractivity contribution is 0.642. The van der Waals surface area contributed by atoms with Gasteiger partial charge in [0.05, 0.1) is 0 Å². The van der Waals surface area contributed by atoms with E-state index < -0.39 is 25.6 Å². The van der Waals surface area contributed by atoms with Gasteiger partial charge in [-0.1, -0.05) is 19.6 Å². The molecule has 0 amide bonds. The number of halogens is 1. The largest absolute Gasteiger partial charge is 0.337 e. The van der Waals surface area contributed by atoms with Gasteiger partial charge in [-0.25, -0.2) is 0 Å². The van der Waals surface area contributed by atoms with E-state index in [0.29, 0.717) is 0 Å². The molecule has 0 saturated carbocycles. The number of nitrogens with zero attached hydrogens (tertiary/aromatic N) is 2. The lowest BCUT2D eigenvalue weighted by Gasteiger charge is -2.46. The molecule has 80 valence electrons. The van der Waals surface area contributed by atoms with Gasteiger partial charge in [0.2, 0.25) is 0 Å². The van der Waals surface area contributed by atoms with Gasteiger partial charge in [-0.3, -0.25) is 0 Å². The van der Waals surface area contributed by atoms with Gasteiger partial charge in [-0.2, -0.15) is 11.1 Å². The SMILES string of the molecule is CN([SiH2]Cl)[Si](C)(C)N(C)[Si](C)(C)C. The molecule has 0 heterocycles. The Morgan fingerprint density at radius 3 is 1.62 bits per heavy atom. The molecular formula is C7H23ClN2Si3. The number of hydrogen-bond donors (Lipinski definition) is 0. The molecule has 0 bridgehead atoms. The van der Waals surface area contributed by atoms with Gasteiger partial charge in [0, 0.05) is 0 Å². The zero-order valence-electron chi connectivity index (χ0n) is 9.98. The Morgan fingerprint density at radius 1 is 1.00 bits per heavy atom. The first kappa shape index (κ1) is 13.9. The first-order valence-corrected chi connectivity index (χ1v) is 13.8. The molecule has 0 atom stereocenters. The van der Waals surface area contributed by atoms with Crippen molar-refractivity contribution in [3.8, 4) is 0 Å². The summed E-state index contributed by atoms with van der Waals surface area (Å²) in [6.07, 6.45) is 0. The van der Waals surface area contributed by atoms with Crippen LogP contribution in [0.4, 0.5) is 0 Å². The van der Waals surface area contributed by atoms with Crippen molar-refractivity contribution in [2.75, 3.05) is 14.1 Å². The van der Waals surface area contributed by atoms with Crippen LogP contribution in [-0.4, -0.2) is 48.2 Å². The van der Waals surface area contributed by atoms with Crippen LogP contribution in [0.2, 0.25) is 32.7 Å². The Morgan fingerprint density at radius 2 is 1.38 bits per heavy atom. The summed E-state index contributed by atoms with van der Waals surface area (Å²) in [5.74, 6) is 0. The minimum atomic E-state index is -1.39. The maximum absolute atomic E-state index is 6.02. The topological polar surface area (TPSA) is 6.48 Å². The van der Waals surface area contributed by atoms with Crippen molar-refractivity contribution in [1.82, 2.24) is 8.46 Å². The lowest BCUT2D eigenvalue weighted by Crippen LogP contribution is -2.66. The summed E-state index contributed by atoms with van der Waals surface area (Å²) in [6.45, 7) is 12.0. The molecule has 0 aliphatic heterocycles. The fourth-order valence-electron chi connectivity index (χ4n) is 1.22. The summed E-state index contributed by atoms with van der Waals surface area (Å²) in [5.41, 5.74) is 0. The minimum absolute atomic E-state index is 0.519. The van der Waals surface area contributed by atoms with E-state index in [1.807, 2.05) is 0 Å². The summed E-state index contributed by atoms with van der Waals surface area (Å²) in [6, 6.07) is 0. The Kier molecular flexibility index (Phi) is 4.89. The summed E-state index contributed by atoms with van der Waals surface area (Å²) in [7, 11) is 1.39.